The third kappa shape index (κ3) is 2.46. The fourth-order valence-electron chi connectivity index (χ4n) is 2.91. The minimum atomic E-state index is 0.706. The van der Waals surface area contributed by atoms with Crippen LogP contribution in [-0.2, 0) is 6.42 Å². The standard InChI is InChI=1S/C15H23N/c1-3-12-7-5-8-13(11-12)14-9-6-10-15(14)16-4-2/h5,7-8,11,14-16H,3-4,6,9-10H2,1-2H3. The van der Waals surface area contributed by atoms with Gasteiger partial charge in [-0.1, -0.05) is 44.5 Å². The molecule has 1 aromatic rings. The minimum absolute atomic E-state index is 0.706. The van der Waals surface area contributed by atoms with E-state index in [-0.39, 0.29) is 0 Å². The summed E-state index contributed by atoms with van der Waals surface area (Å²) in [6.07, 6.45) is 5.21. The van der Waals surface area contributed by atoms with Crippen molar-refractivity contribution in [1.82, 2.24) is 5.32 Å². The topological polar surface area (TPSA) is 12.0 Å². The monoisotopic (exact) mass is 217 g/mol. The van der Waals surface area contributed by atoms with Crippen molar-refractivity contribution in [1.29, 1.82) is 0 Å². The second-order valence-electron chi connectivity index (χ2n) is 4.80. The maximum absolute atomic E-state index is 3.63. The molecule has 1 aromatic carbocycles. The Morgan fingerprint density at radius 2 is 2.12 bits per heavy atom. The van der Waals surface area contributed by atoms with Gasteiger partial charge in [-0.05, 0) is 42.9 Å². The Morgan fingerprint density at radius 3 is 2.88 bits per heavy atom. The molecule has 0 amide bonds. The van der Waals surface area contributed by atoms with E-state index in [0.29, 0.717) is 6.04 Å². The van der Waals surface area contributed by atoms with Gasteiger partial charge in [-0.25, -0.2) is 0 Å². The lowest BCUT2D eigenvalue weighted by Crippen LogP contribution is -2.30. The summed E-state index contributed by atoms with van der Waals surface area (Å²) in [4.78, 5) is 0. The smallest absolute Gasteiger partial charge is 0.0136 e. The molecule has 2 unspecified atom stereocenters. The van der Waals surface area contributed by atoms with E-state index in [1.54, 1.807) is 5.56 Å². The van der Waals surface area contributed by atoms with Gasteiger partial charge in [-0.2, -0.15) is 0 Å². The van der Waals surface area contributed by atoms with Gasteiger partial charge >= 0.3 is 0 Å². The first kappa shape index (κ1) is 11.7. The van der Waals surface area contributed by atoms with Crippen LogP contribution in [0, 0.1) is 0 Å². The van der Waals surface area contributed by atoms with E-state index in [1.807, 2.05) is 0 Å². The summed E-state index contributed by atoms with van der Waals surface area (Å²) in [6.45, 7) is 5.53. The molecule has 1 fully saturated rings. The fourth-order valence-corrected chi connectivity index (χ4v) is 2.91. The first-order valence-corrected chi connectivity index (χ1v) is 6.67. The highest BCUT2D eigenvalue weighted by molar-refractivity contribution is 5.28. The number of nitrogens with one attached hydrogen (secondary N) is 1. The van der Waals surface area contributed by atoms with Crippen LogP contribution in [-0.4, -0.2) is 12.6 Å². The van der Waals surface area contributed by atoms with Crippen LogP contribution in [0.25, 0.3) is 0 Å². The lowest BCUT2D eigenvalue weighted by atomic mass is 9.92. The van der Waals surface area contributed by atoms with Gasteiger partial charge in [0.05, 0.1) is 0 Å². The van der Waals surface area contributed by atoms with E-state index in [9.17, 15) is 0 Å². The van der Waals surface area contributed by atoms with Crippen molar-refractivity contribution in [2.75, 3.05) is 6.54 Å². The van der Waals surface area contributed by atoms with Crippen LogP contribution < -0.4 is 5.32 Å². The molecule has 1 aliphatic rings. The Hall–Kier alpha value is -0.820. The van der Waals surface area contributed by atoms with Crippen molar-refractivity contribution in [2.24, 2.45) is 0 Å². The average molecular weight is 217 g/mol. The highest BCUT2D eigenvalue weighted by atomic mass is 14.9. The van der Waals surface area contributed by atoms with Crippen molar-refractivity contribution >= 4 is 0 Å². The first-order valence-electron chi connectivity index (χ1n) is 6.67. The van der Waals surface area contributed by atoms with Gasteiger partial charge in [0.2, 0.25) is 0 Å². The number of hydrogen-bond acceptors (Lipinski definition) is 1. The molecule has 2 rings (SSSR count). The van der Waals surface area contributed by atoms with Crippen LogP contribution in [0.5, 0.6) is 0 Å². The van der Waals surface area contributed by atoms with Crippen molar-refractivity contribution in [2.45, 2.75) is 51.5 Å². The third-order valence-electron chi connectivity index (χ3n) is 3.77. The Bertz CT molecular complexity index is 332. The summed E-state index contributed by atoms with van der Waals surface area (Å²) in [5.41, 5.74) is 3.02. The van der Waals surface area contributed by atoms with Crippen LogP contribution in [0.3, 0.4) is 0 Å². The van der Waals surface area contributed by atoms with E-state index < -0.39 is 0 Å². The number of rotatable bonds is 4. The molecule has 0 saturated heterocycles. The van der Waals surface area contributed by atoms with E-state index in [1.165, 1.54) is 24.8 Å². The molecule has 0 heterocycles. The van der Waals surface area contributed by atoms with Gasteiger partial charge in [0.25, 0.3) is 0 Å². The zero-order valence-electron chi connectivity index (χ0n) is 10.5. The number of hydrogen-bond donors (Lipinski definition) is 1. The van der Waals surface area contributed by atoms with Gasteiger partial charge in [-0.3, -0.25) is 0 Å². The third-order valence-corrected chi connectivity index (χ3v) is 3.77. The molecule has 1 saturated carbocycles. The molecule has 1 heteroatoms. The average Bonchev–Trinajstić information content (AvgIpc) is 2.78. The molecule has 0 bridgehead atoms. The van der Waals surface area contributed by atoms with Crippen LogP contribution in [0.4, 0.5) is 0 Å². The number of likely N-dealkylation sites (N-methyl/N-ethyl adjacent to an activating group) is 1. The molecule has 1 aliphatic carbocycles. The van der Waals surface area contributed by atoms with Crippen molar-refractivity contribution in [3.8, 4) is 0 Å². The lowest BCUT2D eigenvalue weighted by molar-refractivity contribution is 0.492. The van der Waals surface area contributed by atoms with E-state index in [4.69, 9.17) is 0 Å². The summed E-state index contributed by atoms with van der Waals surface area (Å²) in [5.74, 6) is 0.742. The first-order chi connectivity index (χ1) is 7.85. The zero-order chi connectivity index (χ0) is 11.4. The summed E-state index contributed by atoms with van der Waals surface area (Å²) in [5, 5.41) is 3.63. The maximum atomic E-state index is 3.63. The predicted molar refractivity (Wildman–Crippen MR) is 69.9 cm³/mol. The molecule has 16 heavy (non-hydrogen) atoms. The highest BCUT2D eigenvalue weighted by Gasteiger charge is 2.27. The molecular formula is C15H23N. The molecule has 0 radical (unpaired) electrons. The lowest BCUT2D eigenvalue weighted by Gasteiger charge is -2.21. The second-order valence-corrected chi connectivity index (χ2v) is 4.80. The van der Waals surface area contributed by atoms with Gasteiger partial charge in [0.1, 0.15) is 0 Å². The molecule has 2 atom stereocenters. The Balaban J connectivity index is 2.15. The second kappa shape index (κ2) is 5.49. The normalized spacial score (nSPS) is 24.9. The summed E-state index contributed by atoms with van der Waals surface area (Å²) < 4.78 is 0. The van der Waals surface area contributed by atoms with E-state index >= 15 is 0 Å². The Labute approximate surface area is 99.3 Å². The van der Waals surface area contributed by atoms with Gasteiger partial charge in [0, 0.05) is 6.04 Å². The quantitative estimate of drug-likeness (QED) is 0.814. The molecule has 1 nitrogen and oxygen atoms in total. The fraction of sp³-hybridized carbons (Fsp3) is 0.600. The molecule has 1 N–H and O–H groups in total. The van der Waals surface area contributed by atoms with Crippen molar-refractivity contribution < 1.29 is 0 Å². The number of benzene rings is 1. The molecule has 0 spiro atoms. The zero-order valence-corrected chi connectivity index (χ0v) is 10.5. The van der Waals surface area contributed by atoms with Crippen molar-refractivity contribution in [3.05, 3.63) is 35.4 Å². The summed E-state index contributed by atoms with van der Waals surface area (Å²) in [6, 6.07) is 9.87. The molecular weight excluding hydrogens is 194 g/mol. The minimum Gasteiger partial charge on any atom is -0.314 e. The Morgan fingerprint density at radius 1 is 1.25 bits per heavy atom. The van der Waals surface area contributed by atoms with Gasteiger partial charge < -0.3 is 5.32 Å². The highest BCUT2D eigenvalue weighted by Crippen LogP contribution is 2.34. The van der Waals surface area contributed by atoms with Crippen molar-refractivity contribution in [3.63, 3.8) is 0 Å². The maximum Gasteiger partial charge on any atom is 0.0136 e. The SMILES string of the molecule is CCNC1CCCC1c1cccc(CC)c1. The molecule has 0 aromatic heterocycles. The van der Waals surface area contributed by atoms with Gasteiger partial charge in [0.15, 0.2) is 0 Å². The van der Waals surface area contributed by atoms with Gasteiger partial charge in [-0.15, -0.1) is 0 Å². The van der Waals surface area contributed by atoms with Crippen LogP contribution in [0.15, 0.2) is 24.3 Å². The van der Waals surface area contributed by atoms with Crippen LogP contribution in [0.1, 0.15) is 50.2 Å². The Kier molecular flexibility index (Phi) is 4.00. The van der Waals surface area contributed by atoms with Crippen LogP contribution >= 0.6 is 0 Å². The number of aryl methyl sites for hydroxylation is 1. The van der Waals surface area contributed by atoms with E-state index in [2.05, 4.69) is 43.4 Å². The van der Waals surface area contributed by atoms with E-state index in [0.717, 1.165) is 18.9 Å². The van der Waals surface area contributed by atoms with Crippen LogP contribution in [0.2, 0.25) is 0 Å². The largest absolute Gasteiger partial charge is 0.314 e. The summed E-state index contributed by atoms with van der Waals surface area (Å²) in [7, 11) is 0. The molecule has 0 aliphatic heterocycles. The summed E-state index contributed by atoms with van der Waals surface area (Å²) >= 11 is 0. The molecule has 88 valence electrons. The predicted octanol–water partition coefficient (Wildman–Crippen LogP) is 3.49.